The van der Waals surface area contributed by atoms with E-state index in [9.17, 15) is 18.0 Å². The van der Waals surface area contributed by atoms with Crippen molar-refractivity contribution in [1.82, 2.24) is 0 Å². The average molecular weight is 258 g/mol. The van der Waals surface area contributed by atoms with Crippen LogP contribution in [0.5, 0.6) is 0 Å². The first kappa shape index (κ1) is 12.7. The normalized spacial score (nSPS) is 16.2. The molecule has 3 nitrogen and oxygen atoms in total. The van der Waals surface area contributed by atoms with Gasteiger partial charge < -0.3 is 11.1 Å². The Kier molecular flexibility index (Phi) is 3.19. The number of hydrogen-bond donors (Lipinski definition) is 2. The molecule has 1 aromatic carbocycles. The van der Waals surface area contributed by atoms with Crippen molar-refractivity contribution in [3.05, 3.63) is 23.8 Å². The summed E-state index contributed by atoms with van der Waals surface area (Å²) in [5, 5.41) is 2.49. The Labute approximate surface area is 102 Å². The number of rotatable bonds is 2. The lowest BCUT2D eigenvalue weighted by molar-refractivity contribution is -0.137. The number of amides is 1. The van der Waals surface area contributed by atoms with Gasteiger partial charge in [-0.15, -0.1) is 0 Å². The highest BCUT2D eigenvalue weighted by atomic mass is 19.4. The van der Waals surface area contributed by atoms with Crippen LogP contribution in [0, 0.1) is 5.92 Å². The van der Waals surface area contributed by atoms with Crippen molar-refractivity contribution in [2.45, 2.75) is 25.4 Å². The molecule has 0 unspecified atom stereocenters. The Morgan fingerprint density at radius 3 is 2.50 bits per heavy atom. The van der Waals surface area contributed by atoms with E-state index in [0.29, 0.717) is 0 Å². The molecule has 0 atom stereocenters. The minimum absolute atomic E-state index is 0.0723. The van der Waals surface area contributed by atoms with Crippen molar-refractivity contribution >= 4 is 17.3 Å². The predicted molar refractivity (Wildman–Crippen MR) is 61.8 cm³/mol. The molecule has 1 aromatic rings. The zero-order valence-corrected chi connectivity index (χ0v) is 9.55. The topological polar surface area (TPSA) is 55.1 Å². The van der Waals surface area contributed by atoms with E-state index >= 15 is 0 Å². The Hall–Kier alpha value is -1.72. The van der Waals surface area contributed by atoms with Crippen LogP contribution in [0.4, 0.5) is 24.5 Å². The van der Waals surface area contributed by atoms with E-state index in [2.05, 4.69) is 5.32 Å². The van der Waals surface area contributed by atoms with Gasteiger partial charge in [0.05, 0.1) is 5.56 Å². The van der Waals surface area contributed by atoms with Crippen molar-refractivity contribution in [2.24, 2.45) is 5.92 Å². The number of benzene rings is 1. The van der Waals surface area contributed by atoms with Gasteiger partial charge in [0.2, 0.25) is 5.91 Å². The average Bonchev–Trinajstić information content (AvgIpc) is 2.16. The standard InChI is InChI=1S/C12H13F3N2O/c13-12(14,15)9-6-8(4-5-10(9)16)17-11(18)7-2-1-3-7/h4-7H,1-3,16H2,(H,17,18). The molecule has 1 saturated carbocycles. The van der Waals surface area contributed by atoms with Crippen LogP contribution in [0.3, 0.4) is 0 Å². The molecular weight excluding hydrogens is 245 g/mol. The third-order valence-corrected chi connectivity index (χ3v) is 3.10. The molecule has 0 aromatic heterocycles. The molecule has 1 fully saturated rings. The molecular formula is C12H13F3N2O. The summed E-state index contributed by atoms with van der Waals surface area (Å²) in [4.78, 5) is 11.6. The number of nitrogen functional groups attached to an aromatic ring is 1. The fraction of sp³-hybridized carbons (Fsp3) is 0.417. The van der Waals surface area contributed by atoms with E-state index in [1.165, 1.54) is 6.07 Å². The molecule has 98 valence electrons. The van der Waals surface area contributed by atoms with Crippen LogP contribution in [0.2, 0.25) is 0 Å². The van der Waals surface area contributed by atoms with Gasteiger partial charge in [0.15, 0.2) is 0 Å². The molecule has 3 N–H and O–H groups in total. The van der Waals surface area contributed by atoms with Crippen molar-refractivity contribution in [3.8, 4) is 0 Å². The van der Waals surface area contributed by atoms with Gasteiger partial charge in [-0.2, -0.15) is 13.2 Å². The molecule has 2 rings (SSSR count). The lowest BCUT2D eigenvalue weighted by Crippen LogP contribution is -2.28. The van der Waals surface area contributed by atoms with Crippen LogP contribution >= 0.6 is 0 Å². The number of carbonyl (C=O) groups excluding carboxylic acids is 1. The molecule has 0 saturated heterocycles. The van der Waals surface area contributed by atoms with E-state index < -0.39 is 11.7 Å². The molecule has 0 bridgehead atoms. The van der Waals surface area contributed by atoms with Crippen LogP contribution in [0.25, 0.3) is 0 Å². The molecule has 1 aliphatic rings. The third kappa shape index (κ3) is 2.57. The minimum Gasteiger partial charge on any atom is -0.398 e. The quantitative estimate of drug-likeness (QED) is 0.801. The summed E-state index contributed by atoms with van der Waals surface area (Å²) in [6.45, 7) is 0. The summed E-state index contributed by atoms with van der Waals surface area (Å²) < 4.78 is 37.8. The van der Waals surface area contributed by atoms with E-state index in [4.69, 9.17) is 5.73 Å². The van der Waals surface area contributed by atoms with Crippen LogP contribution in [0.15, 0.2) is 18.2 Å². The molecule has 0 aliphatic heterocycles. The number of nitrogens with two attached hydrogens (primary N) is 1. The zero-order valence-electron chi connectivity index (χ0n) is 9.55. The van der Waals surface area contributed by atoms with Crippen molar-refractivity contribution < 1.29 is 18.0 Å². The van der Waals surface area contributed by atoms with Gasteiger partial charge in [-0.25, -0.2) is 0 Å². The summed E-state index contributed by atoms with van der Waals surface area (Å²) in [5.74, 6) is -0.295. The number of hydrogen-bond acceptors (Lipinski definition) is 2. The maximum atomic E-state index is 12.6. The predicted octanol–water partition coefficient (Wildman–Crippen LogP) is 3.03. The van der Waals surface area contributed by atoms with Gasteiger partial charge in [-0.1, -0.05) is 6.42 Å². The lowest BCUT2D eigenvalue weighted by Gasteiger charge is -2.24. The van der Waals surface area contributed by atoms with Crippen LogP contribution < -0.4 is 11.1 Å². The minimum atomic E-state index is -4.51. The number of halogens is 3. The highest BCUT2D eigenvalue weighted by Gasteiger charge is 2.33. The zero-order chi connectivity index (χ0) is 13.3. The first-order chi connectivity index (χ1) is 8.38. The summed E-state index contributed by atoms with van der Waals surface area (Å²) >= 11 is 0. The number of nitrogens with one attached hydrogen (secondary N) is 1. The van der Waals surface area contributed by atoms with Crippen LogP contribution in [0.1, 0.15) is 24.8 Å². The second-order valence-corrected chi connectivity index (χ2v) is 4.42. The number of alkyl halides is 3. The first-order valence-electron chi connectivity index (χ1n) is 5.65. The Morgan fingerprint density at radius 2 is 2.00 bits per heavy atom. The molecule has 6 heteroatoms. The lowest BCUT2D eigenvalue weighted by atomic mass is 9.85. The maximum Gasteiger partial charge on any atom is 0.418 e. The second kappa shape index (κ2) is 4.51. The van der Waals surface area contributed by atoms with Gasteiger partial charge in [0.25, 0.3) is 0 Å². The van der Waals surface area contributed by atoms with Crippen LogP contribution in [-0.4, -0.2) is 5.91 Å². The van der Waals surface area contributed by atoms with Crippen LogP contribution in [-0.2, 0) is 11.0 Å². The Balaban J connectivity index is 2.16. The van der Waals surface area contributed by atoms with Gasteiger partial charge >= 0.3 is 6.18 Å². The van der Waals surface area contributed by atoms with Gasteiger partial charge in [-0.05, 0) is 31.0 Å². The highest BCUT2D eigenvalue weighted by molar-refractivity contribution is 5.93. The van der Waals surface area contributed by atoms with Gasteiger partial charge in [-0.3, -0.25) is 4.79 Å². The molecule has 1 amide bonds. The summed E-state index contributed by atoms with van der Waals surface area (Å²) in [6, 6.07) is 3.40. The summed E-state index contributed by atoms with van der Waals surface area (Å²) in [5.41, 5.74) is 4.14. The van der Waals surface area contributed by atoms with E-state index in [1.54, 1.807) is 0 Å². The van der Waals surface area contributed by atoms with Crippen molar-refractivity contribution in [3.63, 3.8) is 0 Å². The Bertz CT molecular complexity index is 467. The van der Waals surface area contributed by atoms with Crippen molar-refractivity contribution in [1.29, 1.82) is 0 Å². The number of carbonyl (C=O) groups is 1. The fourth-order valence-corrected chi connectivity index (χ4v) is 1.79. The first-order valence-corrected chi connectivity index (χ1v) is 5.65. The molecule has 0 radical (unpaired) electrons. The summed E-state index contributed by atoms with van der Waals surface area (Å²) in [7, 11) is 0. The molecule has 0 heterocycles. The SMILES string of the molecule is Nc1ccc(NC(=O)C2CCC2)cc1C(F)(F)F. The smallest absolute Gasteiger partial charge is 0.398 e. The fourth-order valence-electron chi connectivity index (χ4n) is 1.79. The van der Waals surface area contributed by atoms with E-state index in [0.717, 1.165) is 31.4 Å². The molecule has 0 spiro atoms. The molecule has 1 aliphatic carbocycles. The van der Waals surface area contributed by atoms with Crippen molar-refractivity contribution in [2.75, 3.05) is 11.1 Å². The highest BCUT2D eigenvalue weighted by Crippen LogP contribution is 2.35. The third-order valence-electron chi connectivity index (χ3n) is 3.10. The van der Waals surface area contributed by atoms with Gasteiger partial charge in [0, 0.05) is 17.3 Å². The molecule has 18 heavy (non-hydrogen) atoms. The Morgan fingerprint density at radius 1 is 1.33 bits per heavy atom. The van der Waals surface area contributed by atoms with E-state index in [1.807, 2.05) is 0 Å². The van der Waals surface area contributed by atoms with E-state index in [-0.39, 0.29) is 23.2 Å². The summed E-state index contributed by atoms with van der Waals surface area (Å²) in [6.07, 6.45) is -1.92. The monoisotopic (exact) mass is 258 g/mol. The maximum absolute atomic E-state index is 12.6. The number of anilines is 2. The largest absolute Gasteiger partial charge is 0.418 e. The van der Waals surface area contributed by atoms with Gasteiger partial charge in [0.1, 0.15) is 0 Å². The second-order valence-electron chi connectivity index (χ2n) is 4.42.